The Labute approximate surface area is 112 Å². The lowest BCUT2D eigenvalue weighted by molar-refractivity contribution is 0.568. The van der Waals surface area contributed by atoms with E-state index in [0.717, 1.165) is 18.5 Å². The van der Waals surface area contributed by atoms with Crippen molar-refractivity contribution in [2.45, 2.75) is 32.9 Å². The zero-order valence-electron chi connectivity index (χ0n) is 10.7. The number of hydrogen-bond donors (Lipinski definition) is 1. The fourth-order valence-corrected chi connectivity index (χ4v) is 2.76. The van der Waals surface area contributed by atoms with E-state index in [-0.39, 0.29) is 11.9 Å². The van der Waals surface area contributed by atoms with Crippen LogP contribution in [0.2, 0.25) is 0 Å². The van der Waals surface area contributed by atoms with Gasteiger partial charge in [-0.05, 0) is 43.2 Å². The van der Waals surface area contributed by atoms with E-state index in [9.17, 15) is 4.39 Å². The molecule has 2 aromatic rings. The minimum Gasteiger partial charge on any atom is -0.305 e. The molecule has 1 N–H and O–H groups in total. The molecule has 0 aliphatic carbocycles. The van der Waals surface area contributed by atoms with Gasteiger partial charge in [0, 0.05) is 22.3 Å². The molecule has 0 spiro atoms. The third-order valence-corrected chi connectivity index (χ3v) is 4.23. The predicted octanol–water partition coefficient (Wildman–Crippen LogP) is 4.30. The molecule has 1 aromatic carbocycles. The second-order valence-corrected chi connectivity index (χ2v) is 5.63. The van der Waals surface area contributed by atoms with Crippen LogP contribution >= 0.6 is 11.3 Å². The van der Waals surface area contributed by atoms with Crippen molar-refractivity contribution in [1.29, 1.82) is 0 Å². The minimum absolute atomic E-state index is 0.160. The van der Waals surface area contributed by atoms with E-state index in [1.807, 2.05) is 17.4 Å². The van der Waals surface area contributed by atoms with Gasteiger partial charge in [0.2, 0.25) is 0 Å². The van der Waals surface area contributed by atoms with E-state index in [2.05, 4.69) is 31.3 Å². The standard InChI is InChI=1S/C15H18FNS/c1-3-14-7-8-15(18-14)10-17-11(2)12-5-4-6-13(16)9-12/h4-9,11,17H,3,10H2,1-2H3. The summed E-state index contributed by atoms with van der Waals surface area (Å²) in [5.74, 6) is -0.175. The first kappa shape index (κ1) is 13.2. The fraction of sp³-hybridized carbons (Fsp3) is 0.333. The Bertz CT molecular complexity index is 507. The van der Waals surface area contributed by atoms with Crippen LogP contribution in [0.5, 0.6) is 0 Å². The van der Waals surface area contributed by atoms with Crippen molar-refractivity contribution in [2.75, 3.05) is 0 Å². The molecule has 1 aromatic heterocycles. The maximum atomic E-state index is 13.1. The van der Waals surface area contributed by atoms with Crippen LogP contribution in [0.1, 0.15) is 35.2 Å². The Morgan fingerprint density at radius 2 is 2.00 bits per heavy atom. The van der Waals surface area contributed by atoms with Gasteiger partial charge in [-0.1, -0.05) is 19.1 Å². The van der Waals surface area contributed by atoms with Crippen LogP contribution in [-0.4, -0.2) is 0 Å². The molecule has 2 rings (SSSR count). The molecule has 3 heteroatoms. The van der Waals surface area contributed by atoms with Gasteiger partial charge in [0.05, 0.1) is 0 Å². The Hall–Kier alpha value is -1.19. The summed E-state index contributed by atoms with van der Waals surface area (Å²) in [6, 6.07) is 11.3. The predicted molar refractivity (Wildman–Crippen MR) is 75.4 cm³/mol. The van der Waals surface area contributed by atoms with Gasteiger partial charge in [-0.25, -0.2) is 4.39 Å². The summed E-state index contributed by atoms with van der Waals surface area (Å²) >= 11 is 1.84. The van der Waals surface area contributed by atoms with Crippen LogP contribution in [-0.2, 0) is 13.0 Å². The van der Waals surface area contributed by atoms with E-state index >= 15 is 0 Å². The number of benzene rings is 1. The van der Waals surface area contributed by atoms with Gasteiger partial charge in [0.15, 0.2) is 0 Å². The first-order chi connectivity index (χ1) is 8.69. The molecule has 0 saturated carbocycles. The number of nitrogens with one attached hydrogen (secondary N) is 1. The average Bonchev–Trinajstić information content (AvgIpc) is 2.84. The summed E-state index contributed by atoms with van der Waals surface area (Å²) in [6.45, 7) is 5.06. The second kappa shape index (κ2) is 6.12. The third-order valence-electron chi connectivity index (χ3n) is 3.00. The number of thiophene rings is 1. The van der Waals surface area contributed by atoms with Crippen molar-refractivity contribution >= 4 is 11.3 Å². The molecular weight excluding hydrogens is 245 g/mol. The highest BCUT2D eigenvalue weighted by Crippen LogP contribution is 2.19. The van der Waals surface area contributed by atoms with Gasteiger partial charge in [-0.15, -0.1) is 11.3 Å². The Balaban J connectivity index is 1.93. The van der Waals surface area contributed by atoms with Crippen molar-refractivity contribution in [3.05, 3.63) is 57.5 Å². The molecule has 1 nitrogen and oxygen atoms in total. The highest BCUT2D eigenvalue weighted by atomic mass is 32.1. The Morgan fingerprint density at radius 1 is 1.22 bits per heavy atom. The van der Waals surface area contributed by atoms with Crippen molar-refractivity contribution in [2.24, 2.45) is 0 Å². The molecule has 0 fully saturated rings. The van der Waals surface area contributed by atoms with Gasteiger partial charge in [-0.2, -0.15) is 0 Å². The molecule has 0 saturated heterocycles. The Morgan fingerprint density at radius 3 is 2.67 bits per heavy atom. The summed E-state index contributed by atoms with van der Waals surface area (Å²) in [5, 5.41) is 3.42. The van der Waals surface area contributed by atoms with E-state index in [4.69, 9.17) is 0 Å². The quantitative estimate of drug-likeness (QED) is 0.848. The molecule has 0 bridgehead atoms. The molecule has 0 aliphatic rings. The SMILES string of the molecule is CCc1ccc(CNC(C)c2cccc(F)c2)s1. The first-order valence-corrected chi connectivity index (χ1v) is 7.07. The molecule has 1 heterocycles. The zero-order chi connectivity index (χ0) is 13.0. The smallest absolute Gasteiger partial charge is 0.123 e. The lowest BCUT2D eigenvalue weighted by Crippen LogP contribution is -2.17. The summed E-state index contributed by atoms with van der Waals surface area (Å²) in [5.41, 5.74) is 0.988. The number of rotatable bonds is 5. The topological polar surface area (TPSA) is 12.0 Å². The third kappa shape index (κ3) is 3.40. The zero-order valence-corrected chi connectivity index (χ0v) is 11.6. The first-order valence-electron chi connectivity index (χ1n) is 6.25. The number of halogens is 1. The molecule has 0 aliphatic heterocycles. The van der Waals surface area contributed by atoms with Gasteiger partial charge in [0.1, 0.15) is 5.82 Å². The normalized spacial score (nSPS) is 12.6. The molecular formula is C15H18FNS. The molecule has 0 amide bonds. The van der Waals surface area contributed by atoms with Crippen LogP contribution in [0.4, 0.5) is 4.39 Å². The summed E-state index contributed by atoms with van der Waals surface area (Å²) < 4.78 is 13.1. The van der Waals surface area contributed by atoms with Gasteiger partial charge in [0.25, 0.3) is 0 Å². The second-order valence-electron chi connectivity index (χ2n) is 4.38. The summed E-state index contributed by atoms with van der Waals surface area (Å²) in [6.07, 6.45) is 1.09. The monoisotopic (exact) mass is 263 g/mol. The van der Waals surface area contributed by atoms with Crippen LogP contribution in [0.15, 0.2) is 36.4 Å². The summed E-state index contributed by atoms with van der Waals surface area (Å²) in [7, 11) is 0. The van der Waals surface area contributed by atoms with Crippen LogP contribution in [0, 0.1) is 5.82 Å². The maximum absolute atomic E-state index is 13.1. The van der Waals surface area contributed by atoms with E-state index < -0.39 is 0 Å². The molecule has 96 valence electrons. The Kier molecular flexibility index (Phi) is 4.50. The molecule has 0 radical (unpaired) electrons. The molecule has 1 atom stereocenters. The van der Waals surface area contributed by atoms with Gasteiger partial charge < -0.3 is 5.32 Å². The van der Waals surface area contributed by atoms with E-state index in [0.29, 0.717) is 0 Å². The number of hydrogen-bond acceptors (Lipinski definition) is 2. The van der Waals surface area contributed by atoms with Gasteiger partial charge in [-0.3, -0.25) is 0 Å². The van der Waals surface area contributed by atoms with Crippen LogP contribution < -0.4 is 5.32 Å². The lowest BCUT2D eigenvalue weighted by Gasteiger charge is -2.13. The highest BCUT2D eigenvalue weighted by molar-refractivity contribution is 7.11. The fourth-order valence-electron chi connectivity index (χ4n) is 1.85. The largest absolute Gasteiger partial charge is 0.305 e. The van der Waals surface area contributed by atoms with Crippen molar-refractivity contribution < 1.29 is 4.39 Å². The average molecular weight is 263 g/mol. The molecule has 18 heavy (non-hydrogen) atoms. The van der Waals surface area contributed by atoms with Crippen molar-refractivity contribution in [1.82, 2.24) is 5.32 Å². The van der Waals surface area contributed by atoms with Crippen molar-refractivity contribution in [3.8, 4) is 0 Å². The number of aryl methyl sites for hydroxylation is 1. The molecule has 1 unspecified atom stereocenters. The van der Waals surface area contributed by atoms with E-state index in [1.165, 1.54) is 15.8 Å². The van der Waals surface area contributed by atoms with Crippen LogP contribution in [0.25, 0.3) is 0 Å². The van der Waals surface area contributed by atoms with Gasteiger partial charge >= 0.3 is 0 Å². The minimum atomic E-state index is -0.175. The van der Waals surface area contributed by atoms with E-state index in [1.54, 1.807) is 12.1 Å². The highest BCUT2D eigenvalue weighted by Gasteiger charge is 2.06. The van der Waals surface area contributed by atoms with Crippen molar-refractivity contribution in [3.63, 3.8) is 0 Å². The lowest BCUT2D eigenvalue weighted by atomic mass is 10.1. The maximum Gasteiger partial charge on any atom is 0.123 e. The summed E-state index contributed by atoms with van der Waals surface area (Å²) in [4.78, 5) is 2.74. The van der Waals surface area contributed by atoms with Crippen LogP contribution in [0.3, 0.4) is 0 Å².